The van der Waals surface area contributed by atoms with Crippen molar-refractivity contribution in [3.05, 3.63) is 72.8 Å². The molecule has 0 saturated heterocycles. The van der Waals surface area contributed by atoms with Gasteiger partial charge in [0.15, 0.2) is 6.29 Å². The summed E-state index contributed by atoms with van der Waals surface area (Å²) in [6.45, 7) is 0. The summed E-state index contributed by atoms with van der Waals surface area (Å²) in [4.78, 5) is 22.3. The minimum atomic E-state index is 0.617. The van der Waals surface area contributed by atoms with Gasteiger partial charge in [0.25, 0.3) is 0 Å². The molecule has 4 aromatic rings. The van der Waals surface area contributed by atoms with Gasteiger partial charge in [-0.3, -0.25) is 9.78 Å². The van der Waals surface area contributed by atoms with E-state index in [1.807, 2.05) is 37.0 Å². The minimum Gasteiger partial charge on any atom is -0.378 e. The molecule has 0 fully saturated rings. The fraction of sp³-hybridized carbons (Fsp3) is 0.0952. The average molecular weight is 342 g/mol. The number of benzene rings is 1. The Bertz CT molecular complexity index is 1080. The average Bonchev–Trinajstić information content (AvgIpc) is 3.07. The van der Waals surface area contributed by atoms with Crippen molar-refractivity contribution in [3.63, 3.8) is 0 Å². The molecule has 0 aliphatic rings. The molecule has 0 saturated carbocycles. The lowest BCUT2D eigenvalue weighted by molar-refractivity contribution is 0.112. The van der Waals surface area contributed by atoms with Crippen molar-refractivity contribution in [3.8, 4) is 16.8 Å². The number of aromatic nitrogens is 3. The van der Waals surface area contributed by atoms with Gasteiger partial charge in [0, 0.05) is 72.3 Å². The van der Waals surface area contributed by atoms with Gasteiger partial charge in [-0.05, 0) is 42.5 Å². The molecule has 26 heavy (non-hydrogen) atoms. The van der Waals surface area contributed by atoms with Crippen LogP contribution in [-0.4, -0.2) is 34.9 Å². The summed E-state index contributed by atoms with van der Waals surface area (Å²) in [7, 11) is 4.03. The van der Waals surface area contributed by atoms with E-state index in [1.165, 1.54) is 0 Å². The first-order valence-electron chi connectivity index (χ1n) is 8.32. The molecular formula is C21H18N4O. The van der Waals surface area contributed by atoms with Crippen LogP contribution in [0.25, 0.3) is 27.8 Å². The van der Waals surface area contributed by atoms with Crippen molar-refractivity contribution in [1.82, 2.24) is 14.5 Å². The lowest BCUT2D eigenvalue weighted by atomic mass is 10.0. The highest BCUT2D eigenvalue weighted by molar-refractivity contribution is 5.99. The number of aldehydes is 1. The fourth-order valence-corrected chi connectivity index (χ4v) is 3.11. The Morgan fingerprint density at radius 3 is 2.54 bits per heavy atom. The third-order valence-corrected chi connectivity index (χ3v) is 4.48. The van der Waals surface area contributed by atoms with E-state index in [0.717, 1.165) is 39.8 Å². The molecule has 0 radical (unpaired) electrons. The van der Waals surface area contributed by atoms with Crippen LogP contribution in [0.1, 0.15) is 10.4 Å². The van der Waals surface area contributed by atoms with Gasteiger partial charge in [-0.2, -0.15) is 0 Å². The lowest BCUT2D eigenvalue weighted by Crippen LogP contribution is -2.08. The Morgan fingerprint density at radius 1 is 1.00 bits per heavy atom. The first-order valence-corrected chi connectivity index (χ1v) is 8.32. The molecular weight excluding hydrogens is 324 g/mol. The first kappa shape index (κ1) is 16.0. The van der Waals surface area contributed by atoms with E-state index in [9.17, 15) is 4.79 Å². The molecule has 3 aromatic heterocycles. The van der Waals surface area contributed by atoms with Crippen molar-refractivity contribution in [1.29, 1.82) is 0 Å². The molecule has 0 amide bonds. The van der Waals surface area contributed by atoms with Gasteiger partial charge in [0.05, 0.1) is 0 Å². The summed E-state index contributed by atoms with van der Waals surface area (Å²) < 4.78 is 2.05. The SMILES string of the molecule is CN(C)c1ccc(-n2cc(-c3cnccc3C=O)c3cccnc32)cc1. The predicted octanol–water partition coefficient (Wildman–Crippen LogP) is 3.97. The highest BCUT2D eigenvalue weighted by atomic mass is 16.1. The molecule has 0 aliphatic heterocycles. The van der Waals surface area contributed by atoms with Crippen LogP contribution in [0.2, 0.25) is 0 Å². The van der Waals surface area contributed by atoms with Crippen molar-refractivity contribution in [2.24, 2.45) is 0 Å². The number of anilines is 1. The lowest BCUT2D eigenvalue weighted by Gasteiger charge is -2.13. The first-order chi connectivity index (χ1) is 12.7. The van der Waals surface area contributed by atoms with Crippen LogP contribution in [0, 0.1) is 0 Å². The molecule has 4 rings (SSSR count). The van der Waals surface area contributed by atoms with Crippen LogP contribution in [0.3, 0.4) is 0 Å². The summed E-state index contributed by atoms with van der Waals surface area (Å²) in [5.74, 6) is 0. The number of rotatable bonds is 4. The number of hydrogen-bond donors (Lipinski definition) is 0. The van der Waals surface area contributed by atoms with Crippen LogP contribution in [0.5, 0.6) is 0 Å². The summed E-state index contributed by atoms with van der Waals surface area (Å²) in [6.07, 6.45) is 8.02. The third-order valence-electron chi connectivity index (χ3n) is 4.48. The van der Waals surface area contributed by atoms with Crippen molar-refractivity contribution in [2.75, 3.05) is 19.0 Å². The second-order valence-electron chi connectivity index (χ2n) is 6.28. The Balaban J connectivity index is 1.93. The number of carbonyl (C=O) groups excluding carboxylic acids is 1. The highest BCUT2D eigenvalue weighted by Gasteiger charge is 2.15. The van der Waals surface area contributed by atoms with Gasteiger partial charge in [-0.15, -0.1) is 0 Å². The van der Waals surface area contributed by atoms with Crippen LogP contribution < -0.4 is 4.90 Å². The van der Waals surface area contributed by atoms with Gasteiger partial charge in [-0.1, -0.05) is 0 Å². The standard InChI is InChI=1S/C21H18N4O/c1-24(2)16-5-7-17(8-6-16)25-13-20(18-4-3-10-23-21(18)25)19-12-22-11-9-15(19)14-26/h3-14H,1-2H3. The maximum Gasteiger partial charge on any atom is 0.150 e. The molecule has 0 aliphatic carbocycles. The fourth-order valence-electron chi connectivity index (χ4n) is 3.11. The maximum absolute atomic E-state index is 11.5. The monoisotopic (exact) mass is 342 g/mol. The molecule has 0 bridgehead atoms. The summed E-state index contributed by atoms with van der Waals surface area (Å²) in [5, 5.41) is 0.986. The number of pyridine rings is 2. The summed E-state index contributed by atoms with van der Waals surface area (Å²) >= 11 is 0. The number of hydrogen-bond acceptors (Lipinski definition) is 4. The summed E-state index contributed by atoms with van der Waals surface area (Å²) in [6, 6.07) is 13.9. The molecule has 3 heterocycles. The Labute approximate surface area is 151 Å². The largest absolute Gasteiger partial charge is 0.378 e. The predicted molar refractivity (Wildman–Crippen MR) is 104 cm³/mol. The van der Waals surface area contributed by atoms with Gasteiger partial charge in [0.1, 0.15) is 5.65 Å². The van der Waals surface area contributed by atoms with E-state index in [1.54, 1.807) is 24.7 Å². The molecule has 0 spiro atoms. The zero-order valence-electron chi connectivity index (χ0n) is 14.6. The second kappa shape index (κ2) is 6.44. The van der Waals surface area contributed by atoms with E-state index >= 15 is 0 Å². The zero-order chi connectivity index (χ0) is 18.1. The number of nitrogens with zero attached hydrogens (tertiary/aromatic N) is 4. The molecule has 5 heteroatoms. The maximum atomic E-state index is 11.5. The number of fused-ring (bicyclic) bond motifs is 1. The van der Waals surface area contributed by atoms with Gasteiger partial charge in [-0.25, -0.2) is 4.98 Å². The topological polar surface area (TPSA) is 51.0 Å². The van der Waals surface area contributed by atoms with Crippen LogP contribution >= 0.6 is 0 Å². The smallest absolute Gasteiger partial charge is 0.150 e. The van der Waals surface area contributed by atoms with Crippen LogP contribution in [0.4, 0.5) is 5.69 Å². The summed E-state index contributed by atoms with van der Waals surface area (Å²) in [5.41, 5.74) is 5.37. The molecule has 0 N–H and O–H groups in total. The van der Waals surface area contributed by atoms with Gasteiger partial charge >= 0.3 is 0 Å². The Hall–Kier alpha value is -3.47. The minimum absolute atomic E-state index is 0.617. The van der Waals surface area contributed by atoms with E-state index in [2.05, 4.69) is 39.1 Å². The van der Waals surface area contributed by atoms with Crippen LogP contribution in [-0.2, 0) is 0 Å². The Morgan fingerprint density at radius 2 is 1.81 bits per heavy atom. The van der Waals surface area contributed by atoms with Gasteiger partial charge in [0.2, 0.25) is 0 Å². The zero-order valence-corrected chi connectivity index (χ0v) is 14.6. The van der Waals surface area contributed by atoms with Crippen molar-refractivity contribution in [2.45, 2.75) is 0 Å². The second-order valence-corrected chi connectivity index (χ2v) is 6.28. The van der Waals surface area contributed by atoms with E-state index in [-0.39, 0.29) is 0 Å². The Kier molecular flexibility index (Phi) is 3.97. The quantitative estimate of drug-likeness (QED) is 0.527. The third kappa shape index (κ3) is 2.63. The molecule has 1 aromatic carbocycles. The normalized spacial score (nSPS) is 10.8. The molecule has 5 nitrogen and oxygen atoms in total. The number of carbonyl (C=O) groups is 1. The van der Waals surface area contributed by atoms with Gasteiger partial charge < -0.3 is 9.47 Å². The molecule has 128 valence electrons. The highest BCUT2D eigenvalue weighted by Crippen LogP contribution is 2.33. The van der Waals surface area contributed by atoms with Crippen LogP contribution in [0.15, 0.2) is 67.3 Å². The molecule has 0 atom stereocenters. The van der Waals surface area contributed by atoms with E-state index < -0.39 is 0 Å². The van der Waals surface area contributed by atoms with Crippen molar-refractivity contribution >= 4 is 23.0 Å². The molecule has 0 unspecified atom stereocenters. The van der Waals surface area contributed by atoms with Crippen molar-refractivity contribution < 1.29 is 4.79 Å². The van der Waals surface area contributed by atoms with E-state index in [0.29, 0.717) is 5.56 Å². The van der Waals surface area contributed by atoms with E-state index in [4.69, 9.17) is 0 Å².